The molecule has 1 heterocycles. The van der Waals surface area contributed by atoms with Gasteiger partial charge in [-0.15, -0.1) is 0 Å². The minimum atomic E-state index is 0.0227. The molecule has 0 aliphatic carbocycles. The molecule has 1 N–H and O–H groups in total. The zero-order chi connectivity index (χ0) is 9.97. The first-order valence-electron chi connectivity index (χ1n) is 4.57. The zero-order valence-corrected chi connectivity index (χ0v) is 8.73. The van der Waals surface area contributed by atoms with Crippen LogP contribution in [0.5, 0.6) is 0 Å². The Morgan fingerprint density at radius 2 is 2.07 bits per heavy atom. The maximum atomic E-state index is 11.0. The highest BCUT2D eigenvalue weighted by molar-refractivity contribution is 8.05. The summed E-state index contributed by atoms with van der Waals surface area (Å²) in [5.74, 6) is 0.0227. The van der Waals surface area contributed by atoms with Gasteiger partial charge in [0.05, 0.1) is 4.91 Å². The lowest BCUT2D eigenvalue weighted by Gasteiger charge is -2.15. The molecule has 2 nitrogen and oxygen atoms in total. The van der Waals surface area contributed by atoms with Crippen LogP contribution in [0.3, 0.4) is 0 Å². The van der Waals surface area contributed by atoms with Crippen LogP contribution in [0, 0.1) is 0 Å². The Balaban J connectivity index is 2.17. The number of nitrogens with one attached hydrogen (secondary N) is 1. The van der Waals surface area contributed by atoms with Crippen LogP contribution < -0.4 is 4.72 Å². The van der Waals surface area contributed by atoms with E-state index >= 15 is 0 Å². The fourth-order valence-electron chi connectivity index (χ4n) is 1.25. The number of hydrogen-bond acceptors (Lipinski definition) is 2. The molecule has 1 aliphatic heterocycles. The summed E-state index contributed by atoms with van der Waals surface area (Å²) < 4.78 is 2.61. The van der Waals surface area contributed by atoms with Gasteiger partial charge < -0.3 is 0 Å². The van der Waals surface area contributed by atoms with E-state index in [1.807, 2.05) is 18.2 Å². The summed E-state index contributed by atoms with van der Waals surface area (Å²) in [4.78, 5) is 11.7. The maximum absolute atomic E-state index is 11.0. The van der Waals surface area contributed by atoms with Crippen LogP contribution in [0.1, 0.15) is 18.1 Å². The lowest BCUT2D eigenvalue weighted by atomic mass is 10.1. The van der Waals surface area contributed by atoms with Gasteiger partial charge in [0.1, 0.15) is 0 Å². The molecule has 1 saturated heterocycles. The van der Waals surface area contributed by atoms with Crippen LogP contribution in [-0.4, -0.2) is 5.91 Å². The SMILES string of the molecule is CCc1ccc(/C=C2\SNC2=O)cc1. The molecule has 3 heteroatoms. The molecule has 1 aromatic rings. The molecule has 0 saturated carbocycles. The molecular formula is C11H11NOS. The van der Waals surface area contributed by atoms with Crippen molar-refractivity contribution in [2.24, 2.45) is 0 Å². The predicted octanol–water partition coefficient (Wildman–Crippen LogP) is 2.37. The number of benzene rings is 1. The molecule has 0 unspecified atom stereocenters. The Kier molecular flexibility index (Phi) is 2.59. The fourth-order valence-corrected chi connectivity index (χ4v) is 1.75. The number of hydrogen-bond donors (Lipinski definition) is 1. The predicted molar refractivity (Wildman–Crippen MR) is 59.5 cm³/mol. The minimum Gasteiger partial charge on any atom is -0.291 e. The molecule has 0 atom stereocenters. The lowest BCUT2D eigenvalue weighted by Crippen LogP contribution is -2.27. The summed E-state index contributed by atoms with van der Waals surface area (Å²) >= 11 is 1.38. The summed E-state index contributed by atoms with van der Waals surface area (Å²) in [6, 6.07) is 8.26. The second kappa shape index (κ2) is 3.88. The second-order valence-corrected chi connectivity index (χ2v) is 3.99. The largest absolute Gasteiger partial charge is 0.291 e. The van der Waals surface area contributed by atoms with Crippen LogP contribution >= 0.6 is 11.9 Å². The van der Waals surface area contributed by atoms with Crippen LogP contribution in [0.4, 0.5) is 0 Å². The molecule has 0 bridgehead atoms. The van der Waals surface area contributed by atoms with E-state index in [1.165, 1.54) is 17.5 Å². The highest BCUT2D eigenvalue weighted by atomic mass is 32.2. The van der Waals surface area contributed by atoms with Gasteiger partial charge in [0.2, 0.25) is 0 Å². The van der Waals surface area contributed by atoms with Gasteiger partial charge in [0.25, 0.3) is 5.91 Å². The molecular weight excluding hydrogens is 194 g/mol. The van der Waals surface area contributed by atoms with E-state index in [0.29, 0.717) is 0 Å². The Hall–Kier alpha value is -1.22. The first-order chi connectivity index (χ1) is 6.79. The van der Waals surface area contributed by atoms with Crippen LogP contribution in [-0.2, 0) is 11.2 Å². The number of rotatable bonds is 2. The van der Waals surface area contributed by atoms with Crippen molar-refractivity contribution in [1.29, 1.82) is 0 Å². The van der Waals surface area contributed by atoms with Crippen molar-refractivity contribution < 1.29 is 4.79 Å². The first kappa shape index (κ1) is 9.34. The third kappa shape index (κ3) is 1.82. The maximum Gasteiger partial charge on any atom is 0.269 e. The van der Waals surface area contributed by atoms with E-state index in [0.717, 1.165) is 16.9 Å². The lowest BCUT2D eigenvalue weighted by molar-refractivity contribution is -0.115. The molecule has 1 amide bonds. The standard InChI is InChI=1S/C11H11NOS/c1-2-8-3-5-9(6-4-8)7-10-11(13)12-14-10/h3-7H,2H2,1H3,(H,12,13)/b10-7-. The molecule has 72 valence electrons. The number of amides is 1. The van der Waals surface area contributed by atoms with Crippen molar-refractivity contribution in [2.45, 2.75) is 13.3 Å². The van der Waals surface area contributed by atoms with Crippen molar-refractivity contribution in [3.05, 3.63) is 40.3 Å². The van der Waals surface area contributed by atoms with Gasteiger partial charge in [-0.05, 0) is 35.6 Å². The van der Waals surface area contributed by atoms with E-state index in [1.54, 1.807) is 0 Å². The van der Waals surface area contributed by atoms with Gasteiger partial charge in [-0.3, -0.25) is 9.52 Å². The zero-order valence-electron chi connectivity index (χ0n) is 7.91. The van der Waals surface area contributed by atoms with Gasteiger partial charge in [-0.25, -0.2) is 0 Å². The normalized spacial score (nSPS) is 17.8. The average Bonchev–Trinajstić information content (AvgIpc) is 2.24. The van der Waals surface area contributed by atoms with E-state index in [4.69, 9.17) is 0 Å². The van der Waals surface area contributed by atoms with Gasteiger partial charge in [-0.1, -0.05) is 31.2 Å². The Morgan fingerprint density at radius 1 is 1.36 bits per heavy atom. The molecule has 14 heavy (non-hydrogen) atoms. The first-order valence-corrected chi connectivity index (χ1v) is 5.39. The highest BCUT2D eigenvalue weighted by Gasteiger charge is 2.20. The summed E-state index contributed by atoms with van der Waals surface area (Å²) in [5.41, 5.74) is 2.40. The summed E-state index contributed by atoms with van der Waals surface area (Å²) in [6.45, 7) is 2.13. The average molecular weight is 205 g/mol. The second-order valence-electron chi connectivity index (χ2n) is 3.14. The number of carbonyl (C=O) groups excluding carboxylic acids is 1. The van der Waals surface area contributed by atoms with Crippen molar-refractivity contribution >= 4 is 23.9 Å². The van der Waals surface area contributed by atoms with E-state index < -0.39 is 0 Å². The Labute approximate surface area is 87.5 Å². The van der Waals surface area contributed by atoms with E-state index in [-0.39, 0.29) is 5.91 Å². The number of aryl methyl sites for hydroxylation is 1. The molecule has 0 aromatic heterocycles. The third-order valence-corrected chi connectivity index (χ3v) is 2.97. The van der Waals surface area contributed by atoms with Crippen LogP contribution in [0.25, 0.3) is 6.08 Å². The molecule has 1 fully saturated rings. The molecule has 0 spiro atoms. The van der Waals surface area contributed by atoms with Crippen molar-refractivity contribution in [2.75, 3.05) is 0 Å². The topological polar surface area (TPSA) is 29.1 Å². The monoisotopic (exact) mass is 205 g/mol. The minimum absolute atomic E-state index is 0.0227. The Morgan fingerprint density at radius 3 is 2.50 bits per heavy atom. The quantitative estimate of drug-likeness (QED) is 0.593. The molecule has 1 aromatic carbocycles. The van der Waals surface area contributed by atoms with E-state index in [2.05, 4.69) is 23.8 Å². The van der Waals surface area contributed by atoms with Crippen LogP contribution in [0.15, 0.2) is 29.2 Å². The van der Waals surface area contributed by atoms with Gasteiger partial charge in [0.15, 0.2) is 0 Å². The van der Waals surface area contributed by atoms with Crippen molar-refractivity contribution in [3.63, 3.8) is 0 Å². The van der Waals surface area contributed by atoms with Gasteiger partial charge in [0, 0.05) is 0 Å². The molecule has 1 aliphatic rings. The smallest absolute Gasteiger partial charge is 0.269 e. The van der Waals surface area contributed by atoms with Gasteiger partial charge in [-0.2, -0.15) is 0 Å². The van der Waals surface area contributed by atoms with Gasteiger partial charge >= 0.3 is 0 Å². The Bertz CT molecular complexity index is 381. The summed E-state index contributed by atoms with van der Waals surface area (Å²) in [5, 5.41) is 0. The van der Waals surface area contributed by atoms with Crippen LogP contribution in [0.2, 0.25) is 0 Å². The third-order valence-electron chi connectivity index (χ3n) is 2.16. The fraction of sp³-hybridized carbons (Fsp3) is 0.182. The molecule has 2 rings (SSSR count). The number of carbonyl (C=O) groups is 1. The van der Waals surface area contributed by atoms with E-state index in [9.17, 15) is 4.79 Å². The summed E-state index contributed by atoms with van der Waals surface area (Å²) in [6.07, 6.45) is 2.95. The molecule has 0 radical (unpaired) electrons. The highest BCUT2D eigenvalue weighted by Crippen LogP contribution is 2.25. The summed E-state index contributed by atoms with van der Waals surface area (Å²) in [7, 11) is 0. The van der Waals surface area contributed by atoms with Crippen molar-refractivity contribution in [3.8, 4) is 0 Å². The van der Waals surface area contributed by atoms with Crippen molar-refractivity contribution in [1.82, 2.24) is 4.72 Å².